The molecule has 25 heavy (non-hydrogen) atoms. The smallest absolute Gasteiger partial charge is 0.247 e. The fourth-order valence-corrected chi connectivity index (χ4v) is 3.25. The second kappa shape index (κ2) is 6.82. The van der Waals surface area contributed by atoms with Gasteiger partial charge in [0.15, 0.2) is 11.5 Å². The summed E-state index contributed by atoms with van der Waals surface area (Å²) in [6.45, 7) is 0. The zero-order valence-electron chi connectivity index (χ0n) is 14.2. The van der Waals surface area contributed by atoms with Gasteiger partial charge in [0.25, 0.3) is 0 Å². The van der Waals surface area contributed by atoms with Gasteiger partial charge < -0.3 is 24.8 Å². The number of nitrogens with zero attached hydrogens (tertiary/aromatic N) is 1. The molecule has 1 aliphatic heterocycles. The third-order valence-electron chi connectivity index (χ3n) is 4.30. The van der Waals surface area contributed by atoms with Crippen molar-refractivity contribution in [2.45, 2.75) is 12.1 Å². The van der Waals surface area contributed by atoms with Crippen LogP contribution in [0.1, 0.15) is 11.6 Å². The van der Waals surface area contributed by atoms with Crippen LogP contribution in [-0.4, -0.2) is 33.3 Å². The van der Waals surface area contributed by atoms with Gasteiger partial charge >= 0.3 is 0 Å². The summed E-state index contributed by atoms with van der Waals surface area (Å²) in [5.41, 5.74) is 7.58. The first-order chi connectivity index (χ1) is 12.0. The number of halogens is 1. The predicted molar refractivity (Wildman–Crippen MR) is 95.8 cm³/mol. The molecule has 0 saturated carbocycles. The minimum atomic E-state index is -0.626. The standard InChI is InChI=1S/C18H19ClN2O4/c1-23-13-7-5-11(9-12(13)19)21-17(16(20)18(21)22)10-4-6-14(24-2)15(8-10)25-3/h4-9,16-17H,20H2,1-3H3/t16-,17+/m1/s1. The number of nitrogens with two attached hydrogens (primary N) is 1. The number of anilines is 1. The first kappa shape index (κ1) is 17.4. The Kier molecular flexibility index (Phi) is 4.74. The minimum absolute atomic E-state index is 0.166. The monoisotopic (exact) mass is 362 g/mol. The lowest BCUT2D eigenvalue weighted by Gasteiger charge is -2.45. The molecule has 0 spiro atoms. The molecular weight excluding hydrogens is 344 g/mol. The van der Waals surface area contributed by atoms with Crippen LogP contribution in [0.25, 0.3) is 0 Å². The van der Waals surface area contributed by atoms with Crippen LogP contribution in [0.15, 0.2) is 36.4 Å². The number of benzene rings is 2. The zero-order valence-corrected chi connectivity index (χ0v) is 14.9. The average molecular weight is 363 g/mol. The van der Waals surface area contributed by atoms with E-state index in [0.717, 1.165) is 5.56 Å². The lowest BCUT2D eigenvalue weighted by atomic mass is 9.88. The lowest BCUT2D eigenvalue weighted by molar-refractivity contribution is -0.126. The molecule has 132 valence electrons. The van der Waals surface area contributed by atoms with Crippen LogP contribution in [0, 0.1) is 0 Å². The van der Waals surface area contributed by atoms with Crippen molar-refractivity contribution in [2.24, 2.45) is 5.73 Å². The van der Waals surface area contributed by atoms with Crippen molar-refractivity contribution in [3.63, 3.8) is 0 Å². The van der Waals surface area contributed by atoms with E-state index in [1.165, 1.54) is 7.11 Å². The molecule has 1 saturated heterocycles. The highest BCUT2D eigenvalue weighted by Crippen LogP contribution is 2.42. The minimum Gasteiger partial charge on any atom is -0.495 e. The van der Waals surface area contributed by atoms with Crippen molar-refractivity contribution in [2.75, 3.05) is 26.2 Å². The lowest BCUT2D eigenvalue weighted by Crippen LogP contribution is -2.63. The average Bonchev–Trinajstić information content (AvgIpc) is 2.64. The third-order valence-corrected chi connectivity index (χ3v) is 4.60. The number of hydrogen-bond acceptors (Lipinski definition) is 5. The molecule has 0 unspecified atom stereocenters. The molecule has 0 aromatic heterocycles. The van der Waals surface area contributed by atoms with Gasteiger partial charge in [-0.05, 0) is 35.9 Å². The van der Waals surface area contributed by atoms with E-state index in [2.05, 4.69) is 0 Å². The summed E-state index contributed by atoms with van der Waals surface area (Å²) >= 11 is 6.19. The van der Waals surface area contributed by atoms with Crippen LogP contribution in [0.5, 0.6) is 17.2 Å². The van der Waals surface area contributed by atoms with E-state index in [9.17, 15) is 4.79 Å². The molecule has 1 amide bonds. The molecule has 0 aliphatic carbocycles. The Balaban J connectivity index is 1.98. The van der Waals surface area contributed by atoms with E-state index < -0.39 is 6.04 Å². The summed E-state index contributed by atoms with van der Waals surface area (Å²) in [5.74, 6) is 1.58. The highest BCUT2D eigenvalue weighted by atomic mass is 35.5. The van der Waals surface area contributed by atoms with Crippen LogP contribution in [0.4, 0.5) is 5.69 Å². The van der Waals surface area contributed by atoms with Gasteiger partial charge in [-0.1, -0.05) is 17.7 Å². The van der Waals surface area contributed by atoms with Gasteiger partial charge in [0.1, 0.15) is 11.8 Å². The largest absolute Gasteiger partial charge is 0.495 e. The van der Waals surface area contributed by atoms with Gasteiger partial charge in [0.05, 0.1) is 32.4 Å². The summed E-state index contributed by atoms with van der Waals surface area (Å²) in [6.07, 6.45) is 0. The molecule has 3 rings (SSSR count). The maximum absolute atomic E-state index is 12.4. The number of methoxy groups -OCH3 is 3. The summed E-state index contributed by atoms with van der Waals surface area (Å²) in [6, 6.07) is 9.75. The van der Waals surface area contributed by atoms with Crippen LogP contribution in [0.2, 0.25) is 5.02 Å². The molecule has 1 heterocycles. The maximum Gasteiger partial charge on any atom is 0.247 e. The van der Waals surface area contributed by atoms with Gasteiger partial charge in [-0.2, -0.15) is 0 Å². The quantitative estimate of drug-likeness (QED) is 0.828. The number of hydrogen-bond donors (Lipinski definition) is 1. The van der Waals surface area contributed by atoms with Gasteiger partial charge in [-0.25, -0.2) is 0 Å². The van der Waals surface area contributed by atoms with Crippen LogP contribution in [0.3, 0.4) is 0 Å². The Morgan fingerprint density at radius 1 is 0.960 bits per heavy atom. The Morgan fingerprint density at radius 3 is 2.20 bits per heavy atom. The highest BCUT2D eigenvalue weighted by Gasteiger charge is 2.47. The molecule has 0 radical (unpaired) electrons. The summed E-state index contributed by atoms with van der Waals surface area (Å²) in [4.78, 5) is 14.0. The topological polar surface area (TPSA) is 74.0 Å². The zero-order chi connectivity index (χ0) is 18.1. The molecule has 0 bridgehead atoms. The first-order valence-electron chi connectivity index (χ1n) is 7.66. The van der Waals surface area contributed by atoms with Crippen molar-refractivity contribution in [3.8, 4) is 17.2 Å². The van der Waals surface area contributed by atoms with Crippen LogP contribution < -0.4 is 24.8 Å². The summed E-state index contributed by atoms with van der Waals surface area (Å²) in [5, 5.41) is 0.430. The molecule has 1 fully saturated rings. The van der Waals surface area contributed by atoms with E-state index >= 15 is 0 Å². The number of rotatable bonds is 5. The second-order valence-electron chi connectivity index (χ2n) is 5.61. The van der Waals surface area contributed by atoms with Crippen molar-refractivity contribution in [3.05, 3.63) is 47.0 Å². The second-order valence-corrected chi connectivity index (χ2v) is 6.02. The first-order valence-corrected chi connectivity index (χ1v) is 8.03. The van der Waals surface area contributed by atoms with Crippen molar-refractivity contribution >= 4 is 23.2 Å². The van der Waals surface area contributed by atoms with Gasteiger partial charge in [0.2, 0.25) is 5.91 Å². The van der Waals surface area contributed by atoms with Crippen molar-refractivity contribution in [1.29, 1.82) is 0 Å². The molecule has 2 aromatic carbocycles. The SMILES string of the molecule is COc1ccc(N2C(=O)[C@H](N)[C@@H]2c2ccc(OC)c(OC)c2)cc1Cl. The molecule has 1 aliphatic rings. The van der Waals surface area contributed by atoms with E-state index in [1.807, 2.05) is 12.1 Å². The van der Waals surface area contributed by atoms with E-state index in [4.69, 9.17) is 31.5 Å². The van der Waals surface area contributed by atoms with Crippen molar-refractivity contribution < 1.29 is 19.0 Å². The summed E-state index contributed by atoms with van der Waals surface area (Å²) in [7, 11) is 4.67. The van der Waals surface area contributed by atoms with E-state index in [-0.39, 0.29) is 11.9 Å². The predicted octanol–water partition coefficient (Wildman–Crippen LogP) is 2.78. The number of amides is 1. The molecule has 2 aromatic rings. The molecule has 7 heteroatoms. The van der Waals surface area contributed by atoms with Gasteiger partial charge in [-0.3, -0.25) is 4.79 Å². The van der Waals surface area contributed by atoms with Crippen molar-refractivity contribution in [1.82, 2.24) is 0 Å². The Morgan fingerprint density at radius 2 is 1.60 bits per heavy atom. The van der Waals surface area contributed by atoms with E-state index in [0.29, 0.717) is 28.0 Å². The molecule has 2 N–H and O–H groups in total. The molecular formula is C18H19ClN2O4. The van der Waals surface area contributed by atoms with Gasteiger partial charge in [0, 0.05) is 5.69 Å². The Hall–Kier alpha value is -2.44. The van der Waals surface area contributed by atoms with E-state index in [1.54, 1.807) is 43.4 Å². The number of ether oxygens (including phenoxy) is 3. The molecule has 2 atom stereocenters. The van der Waals surface area contributed by atoms with Crippen LogP contribution in [-0.2, 0) is 4.79 Å². The molecule has 6 nitrogen and oxygen atoms in total. The normalized spacial score (nSPS) is 19.4. The van der Waals surface area contributed by atoms with Crippen LogP contribution >= 0.6 is 11.6 Å². The number of carbonyl (C=O) groups excluding carboxylic acids is 1. The number of β-lactam (4-membered cyclic amide) rings is 1. The fourth-order valence-electron chi connectivity index (χ4n) is 3.00. The number of carbonyl (C=O) groups is 1. The Bertz CT molecular complexity index is 812. The fraction of sp³-hybridized carbons (Fsp3) is 0.278. The maximum atomic E-state index is 12.4. The summed E-state index contributed by atoms with van der Waals surface area (Å²) < 4.78 is 15.8. The third kappa shape index (κ3) is 2.88. The Labute approximate surface area is 151 Å². The highest BCUT2D eigenvalue weighted by molar-refractivity contribution is 6.32. The van der Waals surface area contributed by atoms with Gasteiger partial charge in [-0.15, -0.1) is 0 Å².